The first-order valence-electron chi connectivity index (χ1n) is 9.69. The monoisotopic (exact) mass is 429 g/mol. The number of carbonyl (C=O) groups excluding carboxylic acids is 2. The molecule has 1 atom stereocenters. The molecule has 1 unspecified atom stereocenters. The third kappa shape index (κ3) is 4.85. The third-order valence-electron chi connectivity index (χ3n) is 5.50. The lowest BCUT2D eigenvalue weighted by Crippen LogP contribution is -2.34. The van der Waals surface area contributed by atoms with Crippen molar-refractivity contribution in [1.82, 2.24) is 5.32 Å². The number of hydrogen-bond acceptors (Lipinski definition) is 4. The zero-order valence-electron chi connectivity index (χ0n) is 17.2. The maximum Gasteiger partial charge on any atom is 0.257 e. The van der Waals surface area contributed by atoms with Crippen LogP contribution in [0, 0.1) is 18.3 Å². The van der Waals surface area contributed by atoms with Crippen molar-refractivity contribution in [3.63, 3.8) is 0 Å². The minimum absolute atomic E-state index is 0.157. The van der Waals surface area contributed by atoms with E-state index in [1.54, 1.807) is 12.1 Å². The number of hydrogen-bond donors (Lipinski definition) is 3. The number of fused-ring (bicyclic) bond motifs is 1. The number of amides is 2. The van der Waals surface area contributed by atoms with Gasteiger partial charge in [-0.2, -0.15) is 0 Å². The van der Waals surface area contributed by atoms with Crippen LogP contribution < -0.4 is 16.4 Å². The van der Waals surface area contributed by atoms with Crippen molar-refractivity contribution in [3.8, 4) is 0 Å². The van der Waals surface area contributed by atoms with E-state index < -0.39 is 5.91 Å². The van der Waals surface area contributed by atoms with Crippen LogP contribution in [0.3, 0.4) is 0 Å². The molecule has 154 valence electrons. The number of anilines is 1. The molecule has 0 saturated heterocycles. The van der Waals surface area contributed by atoms with Crippen LogP contribution in [-0.4, -0.2) is 16.9 Å². The first kappa shape index (κ1) is 21.5. The largest absolute Gasteiger partial charge is 0.365 e. The van der Waals surface area contributed by atoms with Crippen LogP contribution in [0.1, 0.15) is 63.9 Å². The average Bonchev–Trinajstić information content (AvgIpc) is 2.98. The highest BCUT2D eigenvalue weighted by Gasteiger charge is 2.33. The Labute approximate surface area is 181 Å². The zero-order chi connectivity index (χ0) is 21.3. The van der Waals surface area contributed by atoms with E-state index in [1.165, 1.54) is 16.2 Å². The van der Waals surface area contributed by atoms with E-state index >= 15 is 0 Å². The SMILES string of the molecule is Cc1ccc(C(=O)NC(=S)Nc2sc3c(c2C(N)=O)CCC(C(C)(C)C)C3)cc1. The summed E-state index contributed by atoms with van der Waals surface area (Å²) >= 11 is 6.83. The number of benzene rings is 1. The van der Waals surface area contributed by atoms with Gasteiger partial charge in [-0.15, -0.1) is 11.3 Å². The van der Waals surface area contributed by atoms with Crippen molar-refractivity contribution >= 4 is 45.5 Å². The molecule has 0 saturated carbocycles. The summed E-state index contributed by atoms with van der Waals surface area (Å²) < 4.78 is 0. The van der Waals surface area contributed by atoms with Crippen LogP contribution in [0.4, 0.5) is 5.00 Å². The number of thiophene rings is 1. The van der Waals surface area contributed by atoms with Crippen LogP contribution in [0.15, 0.2) is 24.3 Å². The van der Waals surface area contributed by atoms with Gasteiger partial charge in [0.15, 0.2) is 5.11 Å². The quantitative estimate of drug-likeness (QED) is 0.630. The van der Waals surface area contributed by atoms with E-state index in [4.69, 9.17) is 18.0 Å². The summed E-state index contributed by atoms with van der Waals surface area (Å²) in [6.45, 7) is 8.71. The Balaban J connectivity index is 1.77. The molecule has 2 aromatic rings. The predicted molar refractivity (Wildman–Crippen MR) is 123 cm³/mol. The summed E-state index contributed by atoms with van der Waals surface area (Å²) in [6.07, 6.45) is 2.78. The van der Waals surface area contributed by atoms with Crippen molar-refractivity contribution in [2.45, 2.75) is 47.0 Å². The fraction of sp³-hybridized carbons (Fsp3) is 0.409. The zero-order valence-corrected chi connectivity index (χ0v) is 18.9. The first-order valence-corrected chi connectivity index (χ1v) is 10.9. The lowest BCUT2D eigenvalue weighted by Gasteiger charge is -2.33. The molecule has 29 heavy (non-hydrogen) atoms. The lowest BCUT2D eigenvalue weighted by atomic mass is 9.72. The number of thiocarbonyl (C=S) groups is 1. The lowest BCUT2D eigenvalue weighted by molar-refractivity contribution is 0.0975. The Morgan fingerprint density at radius 2 is 1.86 bits per heavy atom. The van der Waals surface area contributed by atoms with Gasteiger partial charge in [0.2, 0.25) is 0 Å². The van der Waals surface area contributed by atoms with Crippen LogP contribution >= 0.6 is 23.6 Å². The Bertz CT molecular complexity index is 956. The highest BCUT2D eigenvalue weighted by atomic mass is 32.1. The van der Waals surface area contributed by atoms with Crippen molar-refractivity contribution < 1.29 is 9.59 Å². The van der Waals surface area contributed by atoms with Gasteiger partial charge >= 0.3 is 0 Å². The van der Waals surface area contributed by atoms with Gasteiger partial charge in [0, 0.05) is 10.4 Å². The molecule has 0 radical (unpaired) electrons. The van der Waals surface area contributed by atoms with Gasteiger partial charge in [-0.3, -0.25) is 14.9 Å². The van der Waals surface area contributed by atoms with Crippen molar-refractivity contribution in [3.05, 3.63) is 51.4 Å². The topological polar surface area (TPSA) is 84.2 Å². The van der Waals surface area contributed by atoms with Gasteiger partial charge in [-0.05, 0) is 67.4 Å². The fourth-order valence-electron chi connectivity index (χ4n) is 3.69. The normalized spacial score (nSPS) is 16.1. The minimum atomic E-state index is -0.466. The second-order valence-corrected chi connectivity index (χ2v) is 10.2. The number of nitrogens with two attached hydrogens (primary N) is 1. The Morgan fingerprint density at radius 3 is 2.45 bits per heavy atom. The predicted octanol–water partition coefficient (Wildman–Crippen LogP) is 4.43. The molecule has 1 heterocycles. The summed E-state index contributed by atoms with van der Waals surface area (Å²) in [5, 5.41) is 6.48. The molecule has 0 spiro atoms. The molecule has 5 nitrogen and oxygen atoms in total. The Hall–Kier alpha value is -2.25. The van der Waals surface area contributed by atoms with Gasteiger partial charge in [-0.25, -0.2) is 0 Å². The summed E-state index contributed by atoms with van der Waals surface area (Å²) in [7, 11) is 0. The van der Waals surface area contributed by atoms with Crippen LogP contribution in [0.5, 0.6) is 0 Å². The van der Waals surface area contributed by atoms with E-state index in [0.717, 1.165) is 30.4 Å². The summed E-state index contributed by atoms with van der Waals surface area (Å²) in [6, 6.07) is 7.24. The molecule has 1 aliphatic rings. The summed E-state index contributed by atoms with van der Waals surface area (Å²) in [4.78, 5) is 25.7. The maximum absolute atomic E-state index is 12.4. The molecule has 3 rings (SSSR count). The fourth-order valence-corrected chi connectivity index (χ4v) is 5.28. The molecular formula is C22H27N3O2S2. The molecule has 7 heteroatoms. The highest BCUT2D eigenvalue weighted by Crippen LogP contribution is 2.44. The van der Waals surface area contributed by atoms with Crippen molar-refractivity contribution in [2.24, 2.45) is 17.1 Å². The second kappa shape index (κ2) is 8.24. The molecule has 4 N–H and O–H groups in total. The first-order chi connectivity index (χ1) is 13.6. The summed E-state index contributed by atoms with van der Waals surface area (Å²) in [5.41, 5.74) is 9.02. The van der Waals surface area contributed by atoms with Crippen LogP contribution in [-0.2, 0) is 12.8 Å². The molecule has 0 aliphatic heterocycles. The Kier molecular flexibility index (Phi) is 6.10. The molecular weight excluding hydrogens is 402 g/mol. The van der Waals surface area contributed by atoms with Crippen LogP contribution in [0.25, 0.3) is 0 Å². The molecule has 1 aromatic carbocycles. The second-order valence-electron chi connectivity index (χ2n) is 8.65. The van der Waals surface area contributed by atoms with E-state index in [1.807, 2.05) is 19.1 Å². The molecule has 1 aromatic heterocycles. The maximum atomic E-state index is 12.4. The number of rotatable bonds is 3. The van der Waals surface area contributed by atoms with Gasteiger partial charge in [-0.1, -0.05) is 38.5 Å². The van der Waals surface area contributed by atoms with E-state index in [9.17, 15) is 9.59 Å². The van der Waals surface area contributed by atoms with Gasteiger partial charge in [0.1, 0.15) is 5.00 Å². The van der Waals surface area contributed by atoms with E-state index in [-0.39, 0.29) is 16.4 Å². The van der Waals surface area contributed by atoms with Crippen molar-refractivity contribution in [2.75, 3.05) is 5.32 Å². The number of aryl methyl sites for hydroxylation is 1. The van der Waals surface area contributed by atoms with Crippen LogP contribution in [0.2, 0.25) is 0 Å². The van der Waals surface area contributed by atoms with Gasteiger partial charge in [0.05, 0.1) is 5.56 Å². The number of nitrogens with one attached hydrogen (secondary N) is 2. The standard InChI is InChI=1S/C22H27N3O2S2/c1-12-5-7-13(8-6-12)19(27)24-21(28)25-20-17(18(23)26)15-10-9-14(22(2,3)4)11-16(15)29-20/h5-8,14H,9-11H2,1-4H3,(H2,23,26)(H2,24,25,27,28). The van der Waals surface area contributed by atoms with Gasteiger partial charge < -0.3 is 11.1 Å². The van der Waals surface area contributed by atoms with Gasteiger partial charge in [0.25, 0.3) is 11.8 Å². The smallest absolute Gasteiger partial charge is 0.257 e. The average molecular weight is 430 g/mol. The molecule has 0 fully saturated rings. The minimum Gasteiger partial charge on any atom is -0.365 e. The Morgan fingerprint density at radius 1 is 1.21 bits per heavy atom. The molecule has 1 aliphatic carbocycles. The molecule has 2 amide bonds. The molecule has 0 bridgehead atoms. The summed E-state index contributed by atoms with van der Waals surface area (Å²) in [5.74, 6) is -0.209. The number of carbonyl (C=O) groups is 2. The number of primary amides is 1. The van der Waals surface area contributed by atoms with E-state index in [2.05, 4.69) is 31.4 Å². The highest BCUT2D eigenvalue weighted by molar-refractivity contribution is 7.80. The third-order valence-corrected chi connectivity index (χ3v) is 6.88. The van der Waals surface area contributed by atoms with E-state index in [0.29, 0.717) is 22.0 Å². The van der Waals surface area contributed by atoms with Crippen molar-refractivity contribution in [1.29, 1.82) is 0 Å².